The molecule has 1 heterocycles. The summed E-state index contributed by atoms with van der Waals surface area (Å²) in [7, 11) is 1.09. The quantitative estimate of drug-likeness (QED) is 0.509. The summed E-state index contributed by atoms with van der Waals surface area (Å²) in [5.41, 5.74) is 0. The summed E-state index contributed by atoms with van der Waals surface area (Å²) in [5, 5.41) is 0. The maximum Gasteiger partial charge on any atom is 0.379 e. The van der Waals surface area contributed by atoms with Crippen LogP contribution in [-0.4, -0.2) is 55.6 Å². The maximum absolute atomic E-state index is 11.9. The Hall–Kier alpha value is -2.16. The molecule has 1 aliphatic heterocycles. The van der Waals surface area contributed by atoms with E-state index in [4.69, 9.17) is 18.9 Å². The van der Waals surface area contributed by atoms with E-state index in [1.807, 2.05) is 0 Å². The Morgan fingerprint density at radius 1 is 0.955 bits per heavy atom. The molecule has 0 saturated carbocycles. The van der Waals surface area contributed by atoms with Crippen molar-refractivity contribution in [2.45, 2.75) is 45.2 Å². The van der Waals surface area contributed by atoms with E-state index in [0.717, 1.165) is 21.0 Å². The molecule has 1 rings (SSSR count). The van der Waals surface area contributed by atoms with E-state index in [1.165, 1.54) is 6.92 Å². The fourth-order valence-corrected chi connectivity index (χ4v) is 2.08. The lowest BCUT2D eigenvalue weighted by Crippen LogP contribution is -2.58. The second-order valence-corrected chi connectivity index (χ2v) is 4.65. The molecule has 9 nitrogen and oxygen atoms in total. The van der Waals surface area contributed by atoms with Gasteiger partial charge in [0.2, 0.25) is 0 Å². The predicted octanol–water partition coefficient (Wildman–Crippen LogP) is -0.297. The zero-order valence-electron chi connectivity index (χ0n) is 12.7. The topological polar surface area (TPSA) is 114 Å². The molecule has 9 heteroatoms. The molecule has 0 aromatic carbocycles. The van der Waals surface area contributed by atoms with Crippen LogP contribution >= 0.6 is 0 Å². The minimum absolute atomic E-state index is 0.306. The Morgan fingerprint density at radius 3 is 1.95 bits per heavy atom. The molecule has 124 valence electrons. The van der Waals surface area contributed by atoms with Gasteiger partial charge in [-0.25, -0.2) is 4.79 Å². The largest absolute Gasteiger partial charge is 0.464 e. The number of rotatable bonds is 4. The van der Waals surface area contributed by atoms with E-state index in [-0.39, 0.29) is 13.0 Å². The first kappa shape index (κ1) is 17.9. The van der Waals surface area contributed by atoms with Gasteiger partial charge in [-0.3, -0.25) is 14.4 Å². The minimum Gasteiger partial charge on any atom is -0.464 e. The van der Waals surface area contributed by atoms with Crippen LogP contribution in [0.5, 0.6) is 0 Å². The van der Waals surface area contributed by atoms with Crippen LogP contribution in [0.3, 0.4) is 0 Å². The lowest BCUT2D eigenvalue weighted by Gasteiger charge is -2.40. The molecule has 1 fully saturated rings. The van der Waals surface area contributed by atoms with Crippen LogP contribution in [0.1, 0.15) is 27.2 Å². The number of carbonyl (C=O) groups excluding carboxylic acids is 4. The van der Waals surface area contributed by atoms with Crippen LogP contribution in [0.2, 0.25) is 0 Å². The number of hydrogen-bond acceptors (Lipinski definition) is 9. The van der Waals surface area contributed by atoms with Gasteiger partial charge in [0.05, 0.1) is 20.1 Å². The van der Waals surface area contributed by atoms with Crippen molar-refractivity contribution >= 4 is 23.9 Å². The van der Waals surface area contributed by atoms with E-state index >= 15 is 0 Å². The van der Waals surface area contributed by atoms with Gasteiger partial charge < -0.3 is 23.7 Å². The number of hydrogen-bond donors (Lipinski definition) is 0. The molecule has 0 N–H and O–H groups in total. The molecule has 0 amide bonds. The van der Waals surface area contributed by atoms with Crippen LogP contribution in [0.4, 0.5) is 0 Å². The van der Waals surface area contributed by atoms with Crippen molar-refractivity contribution in [3.63, 3.8) is 0 Å². The average Bonchev–Trinajstić information content (AvgIpc) is 2.39. The molecule has 1 aliphatic rings. The van der Waals surface area contributed by atoms with E-state index in [0.29, 0.717) is 0 Å². The summed E-state index contributed by atoms with van der Waals surface area (Å²) in [6.07, 6.45) is -2.29. The van der Waals surface area contributed by atoms with Crippen molar-refractivity contribution in [2.24, 2.45) is 0 Å². The van der Waals surface area contributed by atoms with Crippen LogP contribution < -0.4 is 0 Å². The lowest BCUT2D eigenvalue weighted by molar-refractivity contribution is -0.281. The molecule has 1 saturated heterocycles. The van der Waals surface area contributed by atoms with E-state index in [9.17, 15) is 19.2 Å². The number of methoxy groups -OCH3 is 1. The van der Waals surface area contributed by atoms with Crippen molar-refractivity contribution in [1.29, 1.82) is 0 Å². The van der Waals surface area contributed by atoms with Crippen LogP contribution in [-0.2, 0) is 42.9 Å². The van der Waals surface area contributed by atoms with Gasteiger partial charge in [0.1, 0.15) is 6.10 Å². The van der Waals surface area contributed by atoms with E-state index < -0.39 is 41.9 Å². The first-order chi connectivity index (χ1) is 10.2. The van der Waals surface area contributed by atoms with Gasteiger partial charge in [-0.2, -0.15) is 0 Å². The van der Waals surface area contributed by atoms with Crippen molar-refractivity contribution in [3.8, 4) is 0 Å². The Morgan fingerprint density at radius 2 is 1.50 bits per heavy atom. The van der Waals surface area contributed by atoms with Crippen LogP contribution in [0.25, 0.3) is 0 Å². The number of ether oxygens (including phenoxy) is 5. The molecule has 3 atom stereocenters. The Bertz CT molecular complexity index is 472. The van der Waals surface area contributed by atoms with Crippen molar-refractivity contribution in [2.75, 3.05) is 13.7 Å². The highest BCUT2D eigenvalue weighted by Gasteiger charge is 2.54. The summed E-state index contributed by atoms with van der Waals surface area (Å²) in [4.78, 5) is 45.4. The standard InChI is InChI=1S/C13H18O9/c1-7(14)20-10-5-13(12(17)18-4,22-9(3)16)19-6-11(10)21-8(2)15/h10-11H,5-6H2,1-4H3/t10?,11-,13+/m1/s1. The fraction of sp³-hybridized carbons (Fsp3) is 0.692. The summed E-state index contributed by atoms with van der Waals surface area (Å²) in [6, 6.07) is 0. The monoisotopic (exact) mass is 318 g/mol. The molecule has 0 radical (unpaired) electrons. The predicted molar refractivity (Wildman–Crippen MR) is 68.2 cm³/mol. The van der Waals surface area contributed by atoms with Gasteiger partial charge in [-0.1, -0.05) is 0 Å². The van der Waals surface area contributed by atoms with Gasteiger partial charge in [-0.15, -0.1) is 0 Å². The number of carbonyl (C=O) groups is 4. The molecule has 22 heavy (non-hydrogen) atoms. The Balaban J connectivity index is 3.03. The Kier molecular flexibility index (Phi) is 5.86. The summed E-state index contributed by atoms with van der Waals surface area (Å²) in [6.45, 7) is 3.12. The fourth-order valence-electron chi connectivity index (χ4n) is 2.08. The first-order valence-corrected chi connectivity index (χ1v) is 6.46. The number of esters is 4. The first-order valence-electron chi connectivity index (χ1n) is 6.46. The SMILES string of the molecule is COC(=O)[C@@]1(OC(C)=O)CC(OC(C)=O)[C@H](OC(C)=O)CO1. The molecular formula is C13H18O9. The van der Waals surface area contributed by atoms with Crippen LogP contribution in [0, 0.1) is 0 Å². The maximum atomic E-state index is 11.9. The highest BCUT2D eigenvalue weighted by atomic mass is 16.8. The van der Waals surface area contributed by atoms with Crippen molar-refractivity contribution < 1.29 is 42.9 Å². The van der Waals surface area contributed by atoms with Gasteiger partial charge in [0.25, 0.3) is 0 Å². The second-order valence-electron chi connectivity index (χ2n) is 4.65. The van der Waals surface area contributed by atoms with Gasteiger partial charge in [0.15, 0.2) is 6.10 Å². The third-order valence-corrected chi connectivity index (χ3v) is 2.81. The highest BCUT2D eigenvalue weighted by Crippen LogP contribution is 2.31. The highest BCUT2D eigenvalue weighted by molar-refractivity contribution is 5.81. The lowest BCUT2D eigenvalue weighted by atomic mass is 10.00. The molecule has 1 unspecified atom stereocenters. The average molecular weight is 318 g/mol. The molecular weight excluding hydrogens is 300 g/mol. The van der Waals surface area contributed by atoms with E-state index in [1.54, 1.807) is 0 Å². The van der Waals surface area contributed by atoms with Gasteiger partial charge in [0, 0.05) is 20.8 Å². The van der Waals surface area contributed by atoms with Gasteiger partial charge in [-0.05, 0) is 0 Å². The molecule has 0 aromatic heterocycles. The van der Waals surface area contributed by atoms with Gasteiger partial charge >= 0.3 is 29.7 Å². The van der Waals surface area contributed by atoms with Crippen molar-refractivity contribution in [3.05, 3.63) is 0 Å². The van der Waals surface area contributed by atoms with Crippen molar-refractivity contribution in [1.82, 2.24) is 0 Å². The summed E-state index contributed by atoms with van der Waals surface area (Å²) >= 11 is 0. The zero-order valence-corrected chi connectivity index (χ0v) is 12.7. The van der Waals surface area contributed by atoms with Crippen LogP contribution in [0.15, 0.2) is 0 Å². The normalized spacial score (nSPS) is 27.5. The molecule has 0 bridgehead atoms. The third kappa shape index (κ3) is 4.42. The second kappa shape index (κ2) is 7.21. The minimum atomic E-state index is -2.04. The zero-order chi connectivity index (χ0) is 16.9. The van der Waals surface area contributed by atoms with E-state index in [2.05, 4.69) is 4.74 Å². The smallest absolute Gasteiger partial charge is 0.379 e. The Labute approximate surface area is 126 Å². The molecule has 0 spiro atoms. The summed E-state index contributed by atoms with van der Waals surface area (Å²) in [5.74, 6) is -5.04. The molecule has 0 aromatic rings. The third-order valence-electron chi connectivity index (χ3n) is 2.81. The summed E-state index contributed by atoms with van der Waals surface area (Å²) < 4.78 is 24.8. The molecule has 0 aliphatic carbocycles.